The number of methoxy groups -OCH3 is 1. The molecule has 0 amide bonds. The van der Waals surface area contributed by atoms with Crippen LogP contribution in [0.4, 0.5) is 32.0 Å². The number of alkyl halides is 6. The molecule has 0 aliphatic carbocycles. The summed E-state index contributed by atoms with van der Waals surface area (Å²) in [5, 5.41) is 0. The standard InChI is InChI=1S/C16H13F6NO4S/c1-26-13-4-2-3-5-14(13)28(24,25)23-11-8-10(16(20,21)22)6-7-12(11)27-9-15(17,18)19/h2-8,23H,9H2,1H3. The van der Waals surface area contributed by atoms with E-state index < -0.39 is 50.9 Å². The molecular weight excluding hydrogens is 416 g/mol. The minimum atomic E-state index is -4.85. The van der Waals surface area contributed by atoms with Gasteiger partial charge >= 0.3 is 12.4 Å². The second-order valence-corrected chi connectivity index (χ2v) is 7.02. The second-order valence-electron chi connectivity index (χ2n) is 5.37. The molecule has 0 bridgehead atoms. The number of rotatable bonds is 6. The lowest BCUT2D eigenvalue weighted by molar-refractivity contribution is -0.153. The van der Waals surface area contributed by atoms with Crippen LogP contribution in [-0.2, 0) is 16.2 Å². The van der Waals surface area contributed by atoms with Crippen molar-refractivity contribution in [2.24, 2.45) is 0 Å². The van der Waals surface area contributed by atoms with E-state index in [0.717, 1.165) is 6.07 Å². The average Bonchev–Trinajstić information content (AvgIpc) is 2.58. The van der Waals surface area contributed by atoms with E-state index in [-0.39, 0.29) is 5.75 Å². The molecule has 0 unspecified atom stereocenters. The van der Waals surface area contributed by atoms with Gasteiger partial charge in [-0.25, -0.2) is 8.42 Å². The van der Waals surface area contributed by atoms with E-state index in [2.05, 4.69) is 4.74 Å². The highest BCUT2D eigenvalue weighted by Gasteiger charge is 2.33. The summed E-state index contributed by atoms with van der Waals surface area (Å²) < 4.78 is 112. The van der Waals surface area contributed by atoms with E-state index in [1.807, 2.05) is 4.72 Å². The van der Waals surface area contributed by atoms with Gasteiger partial charge in [0, 0.05) is 0 Å². The minimum absolute atomic E-state index is 0.111. The normalized spacial score (nSPS) is 12.5. The SMILES string of the molecule is COc1ccccc1S(=O)(=O)Nc1cc(C(F)(F)F)ccc1OCC(F)(F)F. The van der Waals surface area contributed by atoms with Crippen LogP contribution in [0, 0.1) is 0 Å². The van der Waals surface area contributed by atoms with E-state index in [1.165, 1.54) is 25.3 Å². The maximum atomic E-state index is 12.9. The summed E-state index contributed by atoms with van der Waals surface area (Å²) in [5.41, 5.74) is -2.07. The van der Waals surface area contributed by atoms with Gasteiger partial charge in [-0.05, 0) is 30.3 Å². The second kappa shape index (κ2) is 7.78. The molecule has 0 saturated carbocycles. The molecule has 0 aromatic heterocycles. The van der Waals surface area contributed by atoms with Gasteiger partial charge in [-0.1, -0.05) is 12.1 Å². The third-order valence-corrected chi connectivity index (χ3v) is 4.71. The molecule has 0 heterocycles. The topological polar surface area (TPSA) is 64.6 Å². The average molecular weight is 429 g/mol. The number of anilines is 1. The highest BCUT2D eigenvalue weighted by molar-refractivity contribution is 7.92. The molecule has 12 heteroatoms. The summed E-state index contributed by atoms with van der Waals surface area (Å²) in [4.78, 5) is -0.420. The van der Waals surface area contributed by atoms with Crippen molar-refractivity contribution in [1.82, 2.24) is 0 Å². The Bertz CT molecular complexity index is 941. The summed E-state index contributed by atoms with van der Waals surface area (Å²) >= 11 is 0. The van der Waals surface area contributed by atoms with Crippen LogP contribution in [0.25, 0.3) is 0 Å². The molecule has 0 atom stereocenters. The number of ether oxygens (including phenoxy) is 2. The minimum Gasteiger partial charge on any atom is -0.495 e. The number of hydrogen-bond donors (Lipinski definition) is 1. The molecule has 0 aliphatic heterocycles. The van der Waals surface area contributed by atoms with Crippen molar-refractivity contribution in [3.8, 4) is 11.5 Å². The smallest absolute Gasteiger partial charge is 0.422 e. The molecule has 28 heavy (non-hydrogen) atoms. The van der Waals surface area contributed by atoms with E-state index >= 15 is 0 Å². The van der Waals surface area contributed by atoms with E-state index in [0.29, 0.717) is 18.2 Å². The van der Waals surface area contributed by atoms with Crippen LogP contribution in [0.5, 0.6) is 11.5 Å². The van der Waals surface area contributed by atoms with Gasteiger partial charge in [0.25, 0.3) is 10.0 Å². The lowest BCUT2D eigenvalue weighted by Crippen LogP contribution is -2.21. The summed E-state index contributed by atoms with van der Waals surface area (Å²) in [5.74, 6) is -0.830. The van der Waals surface area contributed by atoms with Crippen molar-refractivity contribution >= 4 is 15.7 Å². The van der Waals surface area contributed by atoms with Crippen LogP contribution >= 0.6 is 0 Å². The zero-order chi connectivity index (χ0) is 21.2. The molecule has 2 aromatic carbocycles. The Hall–Kier alpha value is -2.63. The fourth-order valence-corrected chi connectivity index (χ4v) is 3.35. The fourth-order valence-electron chi connectivity index (χ4n) is 2.11. The highest BCUT2D eigenvalue weighted by Crippen LogP contribution is 2.37. The predicted molar refractivity (Wildman–Crippen MR) is 86.8 cm³/mol. The lowest BCUT2D eigenvalue weighted by Gasteiger charge is -2.17. The quantitative estimate of drug-likeness (QED) is 0.689. The summed E-state index contributed by atoms with van der Waals surface area (Å²) in [6.07, 6.45) is -9.63. The van der Waals surface area contributed by atoms with Gasteiger partial charge < -0.3 is 9.47 Å². The Morgan fingerprint density at radius 3 is 2.18 bits per heavy atom. The fraction of sp³-hybridized carbons (Fsp3) is 0.250. The molecule has 5 nitrogen and oxygen atoms in total. The first kappa shape index (κ1) is 21.7. The first-order valence-electron chi connectivity index (χ1n) is 7.40. The van der Waals surface area contributed by atoms with Crippen LogP contribution < -0.4 is 14.2 Å². The molecule has 154 valence electrons. The van der Waals surface area contributed by atoms with Gasteiger partial charge in [0.1, 0.15) is 16.4 Å². The van der Waals surface area contributed by atoms with Gasteiger partial charge in [0.05, 0.1) is 18.4 Å². The summed E-state index contributed by atoms with van der Waals surface area (Å²) in [6.45, 7) is -1.82. The molecule has 0 saturated heterocycles. The van der Waals surface area contributed by atoms with Gasteiger partial charge in [-0.15, -0.1) is 0 Å². The Morgan fingerprint density at radius 2 is 1.61 bits per heavy atom. The van der Waals surface area contributed by atoms with E-state index in [4.69, 9.17) is 4.74 Å². The molecule has 0 radical (unpaired) electrons. The van der Waals surface area contributed by atoms with Crippen LogP contribution in [0.3, 0.4) is 0 Å². The number of sulfonamides is 1. The monoisotopic (exact) mass is 429 g/mol. The maximum Gasteiger partial charge on any atom is 0.422 e. The largest absolute Gasteiger partial charge is 0.495 e. The van der Waals surface area contributed by atoms with Crippen molar-refractivity contribution in [3.05, 3.63) is 48.0 Å². The lowest BCUT2D eigenvalue weighted by atomic mass is 10.2. The van der Waals surface area contributed by atoms with Crippen molar-refractivity contribution in [3.63, 3.8) is 0 Å². The molecule has 0 spiro atoms. The zero-order valence-corrected chi connectivity index (χ0v) is 14.9. The van der Waals surface area contributed by atoms with Crippen molar-refractivity contribution in [2.45, 2.75) is 17.2 Å². The number of nitrogens with one attached hydrogen (secondary N) is 1. The van der Waals surface area contributed by atoms with Gasteiger partial charge in [0.15, 0.2) is 6.61 Å². The van der Waals surface area contributed by atoms with Crippen molar-refractivity contribution in [2.75, 3.05) is 18.4 Å². The number of halogens is 6. The maximum absolute atomic E-state index is 12.9. The number of benzene rings is 2. The Kier molecular flexibility index (Phi) is 6.02. The molecule has 0 fully saturated rings. The van der Waals surface area contributed by atoms with Gasteiger partial charge in [-0.3, -0.25) is 4.72 Å². The van der Waals surface area contributed by atoms with Gasteiger partial charge in [0.2, 0.25) is 0 Å². The third kappa shape index (κ3) is 5.44. The zero-order valence-electron chi connectivity index (χ0n) is 14.1. The Morgan fingerprint density at radius 1 is 0.964 bits per heavy atom. The molecule has 2 rings (SSSR count). The third-order valence-electron chi connectivity index (χ3n) is 3.30. The highest BCUT2D eigenvalue weighted by atomic mass is 32.2. The van der Waals surface area contributed by atoms with Crippen LogP contribution in [0.15, 0.2) is 47.4 Å². The molecule has 1 N–H and O–H groups in total. The van der Waals surface area contributed by atoms with Crippen molar-refractivity contribution in [1.29, 1.82) is 0 Å². The number of hydrogen-bond acceptors (Lipinski definition) is 4. The molecule has 0 aliphatic rings. The Balaban J connectivity index is 2.48. The predicted octanol–water partition coefficient (Wildman–Crippen LogP) is 4.46. The number of para-hydroxylation sites is 1. The van der Waals surface area contributed by atoms with E-state index in [1.54, 1.807) is 0 Å². The first-order chi connectivity index (χ1) is 12.8. The summed E-state index contributed by atoms with van der Waals surface area (Å²) in [6, 6.07) is 6.64. The van der Waals surface area contributed by atoms with Crippen molar-refractivity contribution < 1.29 is 44.2 Å². The van der Waals surface area contributed by atoms with Crippen LogP contribution in [0.1, 0.15) is 5.56 Å². The van der Waals surface area contributed by atoms with Gasteiger partial charge in [-0.2, -0.15) is 26.3 Å². The Labute approximate surface area is 155 Å². The molecular formula is C16H13F6NO4S. The summed E-state index contributed by atoms with van der Waals surface area (Å²) in [7, 11) is -3.32. The first-order valence-corrected chi connectivity index (χ1v) is 8.88. The van der Waals surface area contributed by atoms with Crippen LogP contribution in [0.2, 0.25) is 0 Å². The van der Waals surface area contributed by atoms with E-state index in [9.17, 15) is 34.8 Å². The molecule has 2 aromatic rings. The van der Waals surface area contributed by atoms with Crippen LogP contribution in [-0.4, -0.2) is 28.3 Å².